The molecule has 10 heteroatoms. The summed E-state index contributed by atoms with van der Waals surface area (Å²) in [7, 11) is 1.36. The summed E-state index contributed by atoms with van der Waals surface area (Å²) in [6, 6.07) is 6.84. The number of phenolic OH excluding ortho intramolecular Hbond substituents is 1. The third kappa shape index (κ3) is 4.39. The summed E-state index contributed by atoms with van der Waals surface area (Å²) in [6.07, 6.45) is 0. The van der Waals surface area contributed by atoms with Crippen LogP contribution in [0.15, 0.2) is 30.3 Å². The van der Waals surface area contributed by atoms with Crippen molar-refractivity contribution in [1.29, 1.82) is 0 Å². The first-order chi connectivity index (χ1) is 11.7. The van der Waals surface area contributed by atoms with Crippen molar-refractivity contribution in [2.75, 3.05) is 12.1 Å². The minimum atomic E-state index is -0.644. The zero-order valence-electron chi connectivity index (χ0n) is 13.0. The maximum Gasteiger partial charge on any atom is 0.352 e. The first kappa shape index (κ1) is 19.4. The van der Waals surface area contributed by atoms with Gasteiger partial charge in [-0.15, -0.1) is 0 Å². The molecule has 2 amide bonds. The number of aromatic hydroxyl groups is 1. The number of carbonyl (C=O) groups excluding carboxylic acids is 1. The van der Waals surface area contributed by atoms with Gasteiger partial charge < -0.3 is 9.84 Å². The number of urea groups is 1. The molecule has 25 heavy (non-hydrogen) atoms. The summed E-state index contributed by atoms with van der Waals surface area (Å²) in [4.78, 5) is 12.0. The smallest absolute Gasteiger partial charge is 0.352 e. The van der Waals surface area contributed by atoms with Gasteiger partial charge in [0.05, 0.1) is 15.7 Å². The predicted molar refractivity (Wildman–Crippen MR) is 97.9 cm³/mol. The third-order valence-electron chi connectivity index (χ3n) is 3.23. The number of hydrazine groups is 2. The number of hydrogen-bond donors (Lipinski definition) is 3. The lowest BCUT2D eigenvalue weighted by Crippen LogP contribution is -2.49. The second-order valence-corrected chi connectivity index (χ2v) is 6.25. The summed E-state index contributed by atoms with van der Waals surface area (Å²) >= 11 is 18.1. The van der Waals surface area contributed by atoms with Crippen molar-refractivity contribution in [3.63, 3.8) is 0 Å². The molecule has 2 rings (SSSR count). The van der Waals surface area contributed by atoms with E-state index in [1.165, 1.54) is 19.2 Å². The molecule has 2 aromatic carbocycles. The van der Waals surface area contributed by atoms with E-state index in [4.69, 9.17) is 51.2 Å². The van der Waals surface area contributed by atoms with Crippen LogP contribution in [0.25, 0.3) is 0 Å². The minimum absolute atomic E-state index is 0.0505. The van der Waals surface area contributed by atoms with E-state index in [0.29, 0.717) is 16.3 Å². The van der Waals surface area contributed by atoms with E-state index in [9.17, 15) is 9.90 Å². The molecule has 0 fully saturated rings. The molecule has 0 aliphatic rings. The molecule has 0 aliphatic heterocycles. The number of ether oxygens (including phenoxy) is 1. The fraction of sp³-hybridized carbons (Fsp3) is 0.133. The SMILES string of the molecule is CN(N)C(=O)N(N)c1cccc(Cl)c1COc1cc(Cl)c(O)cc1Cl. The van der Waals surface area contributed by atoms with E-state index in [2.05, 4.69) is 0 Å². The van der Waals surface area contributed by atoms with Crippen molar-refractivity contribution in [2.45, 2.75) is 6.61 Å². The maximum atomic E-state index is 12.0. The fourth-order valence-electron chi connectivity index (χ4n) is 1.97. The monoisotopic (exact) mass is 404 g/mol. The number of nitrogens with two attached hydrogens (primary N) is 2. The number of hydrogen-bond acceptors (Lipinski definition) is 5. The van der Waals surface area contributed by atoms with Gasteiger partial charge in [0, 0.05) is 29.8 Å². The lowest BCUT2D eigenvalue weighted by Gasteiger charge is -2.23. The van der Waals surface area contributed by atoms with Crippen molar-refractivity contribution in [1.82, 2.24) is 5.01 Å². The average molecular weight is 406 g/mol. The Morgan fingerprint density at radius 1 is 1.16 bits per heavy atom. The predicted octanol–water partition coefficient (Wildman–Crippen LogP) is 3.54. The Kier molecular flexibility index (Phi) is 6.21. The highest BCUT2D eigenvalue weighted by Gasteiger charge is 2.20. The molecule has 0 saturated heterocycles. The first-order valence-corrected chi connectivity index (χ1v) is 8.01. The number of benzene rings is 2. The van der Waals surface area contributed by atoms with Crippen LogP contribution < -0.4 is 21.4 Å². The van der Waals surface area contributed by atoms with E-state index in [1.807, 2.05) is 0 Å². The van der Waals surface area contributed by atoms with Crippen LogP contribution in [0.4, 0.5) is 10.5 Å². The van der Waals surface area contributed by atoms with Crippen molar-refractivity contribution >= 4 is 46.5 Å². The Morgan fingerprint density at radius 2 is 1.84 bits per heavy atom. The number of halogens is 3. The Labute approximate surface area is 159 Å². The highest BCUT2D eigenvalue weighted by atomic mass is 35.5. The van der Waals surface area contributed by atoms with Gasteiger partial charge in [-0.25, -0.2) is 21.5 Å². The van der Waals surface area contributed by atoms with Gasteiger partial charge >= 0.3 is 6.03 Å². The molecule has 0 heterocycles. The topological polar surface area (TPSA) is 105 Å². The highest BCUT2D eigenvalue weighted by molar-refractivity contribution is 6.35. The Bertz CT molecular complexity index is 802. The fourth-order valence-corrected chi connectivity index (χ4v) is 2.56. The van der Waals surface area contributed by atoms with Crippen LogP contribution >= 0.6 is 34.8 Å². The summed E-state index contributed by atoms with van der Waals surface area (Å²) in [6.45, 7) is -0.0505. The molecule has 5 N–H and O–H groups in total. The van der Waals surface area contributed by atoms with Crippen molar-refractivity contribution in [3.05, 3.63) is 51.0 Å². The van der Waals surface area contributed by atoms with Crippen LogP contribution in [0.5, 0.6) is 11.5 Å². The van der Waals surface area contributed by atoms with Crippen LogP contribution in [0.2, 0.25) is 15.1 Å². The minimum Gasteiger partial charge on any atom is -0.506 e. The first-order valence-electron chi connectivity index (χ1n) is 6.87. The van der Waals surface area contributed by atoms with Crippen LogP contribution in [0.3, 0.4) is 0 Å². The van der Waals surface area contributed by atoms with Gasteiger partial charge in [-0.1, -0.05) is 40.9 Å². The van der Waals surface area contributed by atoms with Crippen LogP contribution in [-0.4, -0.2) is 23.2 Å². The quantitative estimate of drug-likeness (QED) is 0.410. The van der Waals surface area contributed by atoms with E-state index in [0.717, 1.165) is 10.0 Å². The second kappa shape index (κ2) is 7.99. The van der Waals surface area contributed by atoms with Gasteiger partial charge in [-0.05, 0) is 12.1 Å². The number of phenols is 1. The largest absolute Gasteiger partial charge is 0.506 e. The normalized spacial score (nSPS) is 10.5. The van der Waals surface area contributed by atoms with Crippen molar-refractivity contribution in [2.24, 2.45) is 11.7 Å². The zero-order valence-corrected chi connectivity index (χ0v) is 15.3. The summed E-state index contributed by atoms with van der Waals surface area (Å²) in [5, 5.41) is 11.8. The van der Waals surface area contributed by atoms with E-state index >= 15 is 0 Å². The molecule has 0 spiro atoms. The van der Waals surface area contributed by atoms with Crippen molar-refractivity contribution < 1.29 is 14.6 Å². The zero-order chi connectivity index (χ0) is 18.7. The van der Waals surface area contributed by atoms with E-state index < -0.39 is 6.03 Å². The van der Waals surface area contributed by atoms with E-state index in [1.54, 1.807) is 18.2 Å². The summed E-state index contributed by atoms with van der Waals surface area (Å²) in [5.74, 6) is 11.3. The van der Waals surface area contributed by atoms with E-state index in [-0.39, 0.29) is 28.2 Å². The molecule has 0 saturated carbocycles. The molecule has 0 aromatic heterocycles. The lowest BCUT2D eigenvalue weighted by atomic mass is 10.2. The molecule has 0 bridgehead atoms. The second-order valence-electron chi connectivity index (χ2n) is 5.02. The number of carbonyl (C=O) groups is 1. The molecular formula is C15H15Cl3N4O3. The van der Waals surface area contributed by atoms with Crippen LogP contribution in [0.1, 0.15) is 5.56 Å². The van der Waals surface area contributed by atoms with Crippen LogP contribution in [-0.2, 0) is 6.61 Å². The molecule has 2 aromatic rings. The van der Waals surface area contributed by atoms with Gasteiger partial charge in [-0.3, -0.25) is 5.01 Å². The molecule has 0 radical (unpaired) electrons. The van der Waals surface area contributed by atoms with Gasteiger partial charge in [0.1, 0.15) is 18.1 Å². The molecule has 7 nitrogen and oxygen atoms in total. The Morgan fingerprint density at radius 3 is 2.48 bits per heavy atom. The maximum absolute atomic E-state index is 12.0. The third-order valence-corrected chi connectivity index (χ3v) is 4.19. The molecule has 134 valence electrons. The molecule has 0 aliphatic carbocycles. The number of rotatable bonds is 4. The number of anilines is 1. The average Bonchev–Trinajstić information content (AvgIpc) is 2.56. The number of amides is 2. The van der Waals surface area contributed by atoms with Gasteiger partial charge in [0.25, 0.3) is 0 Å². The summed E-state index contributed by atoms with van der Waals surface area (Å²) in [5.41, 5.74) is 0.762. The molecular weight excluding hydrogens is 391 g/mol. The molecule has 0 unspecified atom stereocenters. The van der Waals surface area contributed by atoms with Gasteiger partial charge in [-0.2, -0.15) is 0 Å². The number of nitrogens with zero attached hydrogens (tertiary/aromatic N) is 2. The van der Waals surface area contributed by atoms with Gasteiger partial charge in [0.15, 0.2) is 0 Å². The Balaban J connectivity index is 2.31. The Hall–Kier alpha value is -1.90. The summed E-state index contributed by atoms with van der Waals surface area (Å²) < 4.78 is 5.62. The lowest BCUT2D eigenvalue weighted by molar-refractivity contribution is 0.216. The van der Waals surface area contributed by atoms with Gasteiger partial charge in [0.2, 0.25) is 0 Å². The van der Waals surface area contributed by atoms with Crippen LogP contribution in [0, 0.1) is 0 Å². The van der Waals surface area contributed by atoms with Crippen molar-refractivity contribution in [3.8, 4) is 11.5 Å². The standard InChI is InChI=1S/C15H15Cl3N4O3/c1-21(19)15(24)22(20)12-4-2-3-9(16)8(12)7-25-14-6-10(17)13(23)5-11(14)18/h2-6,23H,7,19-20H2,1H3. The highest BCUT2D eigenvalue weighted by Crippen LogP contribution is 2.36. The molecule has 0 atom stereocenters.